The number of hydrogen-bond donors (Lipinski definition) is 1. The molecule has 0 radical (unpaired) electrons. The summed E-state index contributed by atoms with van der Waals surface area (Å²) in [5.41, 5.74) is 0.992. The second-order valence-electron chi connectivity index (χ2n) is 6.11. The molecule has 2 aromatic rings. The summed E-state index contributed by atoms with van der Waals surface area (Å²) < 4.78 is 30.3. The zero-order valence-corrected chi connectivity index (χ0v) is 15.6. The van der Waals surface area contributed by atoms with E-state index in [0.717, 1.165) is 6.07 Å². The first kappa shape index (κ1) is 20.1. The third-order valence-corrected chi connectivity index (χ3v) is 4.26. The Labute approximate surface area is 166 Å². The van der Waals surface area contributed by atoms with Gasteiger partial charge in [0.15, 0.2) is 11.6 Å². The van der Waals surface area contributed by atoms with E-state index in [2.05, 4.69) is 9.83 Å². The van der Waals surface area contributed by atoms with Crippen LogP contribution in [0.1, 0.15) is 25.3 Å². The topological polar surface area (TPSA) is 82.2 Å². The quantitative estimate of drug-likeness (QED) is 0.434. The van der Waals surface area contributed by atoms with Gasteiger partial charge in [0.05, 0.1) is 24.8 Å². The molecule has 0 saturated heterocycles. The zero-order chi connectivity index (χ0) is 20.3. The van der Waals surface area contributed by atoms with Crippen LogP contribution in [0.2, 0.25) is 5.02 Å². The first-order valence-electron chi connectivity index (χ1n) is 8.39. The van der Waals surface area contributed by atoms with Gasteiger partial charge in [0.1, 0.15) is 5.78 Å². The molecule has 0 unspecified atom stereocenters. The number of pyridine rings is 1. The van der Waals surface area contributed by atoms with Gasteiger partial charge in [-0.05, 0) is 42.6 Å². The first-order chi connectivity index (χ1) is 13.4. The molecule has 1 aromatic heterocycles. The number of Topliss-reactive ketones (excluding diaryl/α,β-unsaturated/α-hetero) is 1. The standard InChI is InChI=1S/C18H15BClFN2O5/c1-10(24)4-3-5-26-18-15(22-2)8-13(20)17(23-18)28-16-6-11-9-27-19(25)12(11)7-14(16)21/h6-8,25H,3-5,9H2,1H3. The lowest BCUT2D eigenvalue weighted by molar-refractivity contribution is -0.117. The maximum absolute atomic E-state index is 14.3. The maximum atomic E-state index is 14.3. The number of nitrogens with zero attached hydrogens (tertiary/aromatic N) is 2. The van der Waals surface area contributed by atoms with Crippen LogP contribution < -0.4 is 14.9 Å². The Balaban J connectivity index is 1.83. The second kappa shape index (κ2) is 8.56. The summed E-state index contributed by atoms with van der Waals surface area (Å²) in [7, 11) is -1.17. The molecule has 1 aromatic carbocycles. The number of rotatable bonds is 7. The van der Waals surface area contributed by atoms with E-state index in [1.165, 1.54) is 19.1 Å². The number of benzene rings is 1. The summed E-state index contributed by atoms with van der Waals surface area (Å²) >= 11 is 6.11. The molecule has 2 heterocycles. The van der Waals surface area contributed by atoms with E-state index >= 15 is 0 Å². The highest BCUT2D eigenvalue weighted by Crippen LogP contribution is 2.37. The Bertz CT molecular complexity index is 966. The van der Waals surface area contributed by atoms with Gasteiger partial charge in [0, 0.05) is 6.42 Å². The molecular weight excluding hydrogens is 389 g/mol. The smallest absolute Gasteiger partial charge is 0.486 e. The van der Waals surface area contributed by atoms with Crippen molar-refractivity contribution in [2.24, 2.45) is 0 Å². The largest absolute Gasteiger partial charge is 0.491 e. The predicted molar refractivity (Wildman–Crippen MR) is 99.8 cm³/mol. The summed E-state index contributed by atoms with van der Waals surface area (Å²) in [6, 6.07) is 3.84. The van der Waals surface area contributed by atoms with Crippen LogP contribution in [0.15, 0.2) is 18.2 Å². The minimum absolute atomic E-state index is 0.0123. The number of carbonyl (C=O) groups is 1. The van der Waals surface area contributed by atoms with Crippen molar-refractivity contribution in [3.63, 3.8) is 0 Å². The van der Waals surface area contributed by atoms with Gasteiger partial charge in [-0.15, -0.1) is 0 Å². The number of halogens is 2. The molecule has 1 aliphatic rings. The lowest BCUT2D eigenvalue weighted by Crippen LogP contribution is -2.28. The van der Waals surface area contributed by atoms with Crippen LogP contribution in [0, 0.1) is 12.4 Å². The van der Waals surface area contributed by atoms with E-state index < -0.39 is 12.9 Å². The van der Waals surface area contributed by atoms with Crippen molar-refractivity contribution >= 4 is 35.7 Å². The minimum atomic E-state index is -1.17. The van der Waals surface area contributed by atoms with E-state index in [4.69, 9.17) is 32.3 Å². The lowest BCUT2D eigenvalue weighted by Gasteiger charge is -2.12. The minimum Gasteiger partial charge on any atom is -0.486 e. The van der Waals surface area contributed by atoms with Crippen LogP contribution in [-0.2, 0) is 16.1 Å². The number of fused-ring (bicyclic) bond motifs is 1. The summed E-state index contributed by atoms with van der Waals surface area (Å²) in [6.45, 7) is 8.99. The van der Waals surface area contributed by atoms with Gasteiger partial charge in [0.2, 0.25) is 17.4 Å². The van der Waals surface area contributed by atoms with Gasteiger partial charge in [0.25, 0.3) is 0 Å². The van der Waals surface area contributed by atoms with E-state index in [9.17, 15) is 14.2 Å². The molecule has 0 aliphatic carbocycles. The summed E-state index contributed by atoms with van der Waals surface area (Å²) in [6.07, 6.45) is 0.813. The Kier molecular flexibility index (Phi) is 6.14. The molecule has 0 fully saturated rings. The normalized spacial score (nSPS) is 12.5. The number of aromatic nitrogens is 1. The second-order valence-corrected chi connectivity index (χ2v) is 6.52. The molecule has 0 spiro atoms. The Hall–Kier alpha value is -2.67. The van der Waals surface area contributed by atoms with Crippen molar-refractivity contribution in [1.29, 1.82) is 0 Å². The van der Waals surface area contributed by atoms with Crippen molar-refractivity contribution in [1.82, 2.24) is 4.98 Å². The van der Waals surface area contributed by atoms with Gasteiger partial charge in [-0.2, -0.15) is 4.98 Å². The fraction of sp³-hybridized carbons (Fsp3) is 0.278. The molecule has 0 amide bonds. The molecule has 144 valence electrons. The Morgan fingerprint density at radius 1 is 1.46 bits per heavy atom. The number of ketones is 1. The van der Waals surface area contributed by atoms with Crippen LogP contribution in [0.3, 0.4) is 0 Å². The van der Waals surface area contributed by atoms with Gasteiger partial charge in [-0.1, -0.05) is 11.6 Å². The van der Waals surface area contributed by atoms with Crippen LogP contribution in [0.4, 0.5) is 10.1 Å². The summed E-state index contributed by atoms with van der Waals surface area (Å²) in [4.78, 5) is 18.4. The van der Waals surface area contributed by atoms with Crippen LogP contribution in [-0.4, -0.2) is 29.5 Å². The highest BCUT2D eigenvalue weighted by Gasteiger charge is 2.29. The first-order valence-corrected chi connectivity index (χ1v) is 8.77. The van der Waals surface area contributed by atoms with Crippen LogP contribution in [0.5, 0.6) is 17.5 Å². The zero-order valence-electron chi connectivity index (χ0n) is 14.9. The fourth-order valence-corrected chi connectivity index (χ4v) is 2.79. The molecule has 3 rings (SSSR count). The molecule has 28 heavy (non-hydrogen) atoms. The number of hydrogen-bond acceptors (Lipinski definition) is 6. The van der Waals surface area contributed by atoms with E-state index in [1.54, 1.807) is 0 Å². The third kappa shape index (κ3) is 4.42. The molecule has 0 atom stereocenters. The van der Waals surface area contributed by atoms with E-state index in [0.29, 0.717) is 23.9 Å². The van der Waals surface area contributed by atoms with Gasteiger partial charge >= 0.3 is 7.12 Å². The molecule has 10 heteroatoms. The van der Waals surface area contributed by atoms with Crippen molar-refractivity contribution in [2.45, 2.75) is 26.4 Å². The summed E-state index contributed by atoms with van der Waals surface area (Å²) in [5, 5.41) is 9.64. The Morgan fingerprint density at radius 3 is 2.96 bits per heavy atom. The average Bonchev–Trinajstić information content (AvgIpc) is 3.00. The van der Waals surface area contributed by atoms with Crippen molar-refractivity contribution < 1.29 is 28.3 Å². The van der Waals surface area contributed by atoms with E-state index in [-0.39, 0.29) is 47.2 Å². The van der Waals surface area contributed by atoms with E-state index in [1.807, 2.05) is 0 Å². The highest BCUT2D eigenvalue weighted by atomic mass is 35.5. The van der Waals surface area contributed by atoms with Crippen LogP contribution >= 0.6 is 11.6 Å². The predicted octanol–water partition coefficient (Wildman–Crippen LogP) is 3.18. The summed E-state index contributed by atoms with van der Waals surface area (Å²) in [5.74, 6) is -0.987. The number of ether oxygens (including phenoxy) is 2. The third-order valence-electron chi connectivity index (χ3n) is 3.99. The molecule has 7 nitrogen and oxygen atoms in total. The molecule has 1 N–H and O–H groups in total. The van der Waals surface area contributed by atoms with Gasteiger partial charge < -0.3 is 23.9 Å². The lowest BCUT2D eigenvalue weighted by atomic mass is 9.79. The number of carbonyl (C=O) groups excluding carboxylic acids is 1. The van der Waals surface area contributed by atoms with Gasteiger partial charge in [-0.3, -0.25) is 0 Å². The molecular formula is C18H15BClFN2O5. The van der Waals surface area contributed by atoms with Gasteiger partial charge in [-0.25, -0.2) is 9.24 Å². The van der Waals surface area contributed by atoms with Crippen molar-refractivity contribution in [3.05, 3.63) is 46.0 Å². The average molecular weight is 405 g/mol. The maximum Gasteiger partial charge on any atom is 0.491 e. The SMILES string of the molecule is [C-]#[N+]c1cc(Cl)c(Oc2cc3c(cc2F)B(O)OC3)nc1OCCCC(C)=O. The Morgan fingerprint density at radius 2 is 2.25 bits per heavy atom. The van der Waals surface area contributed by atoms with Crippen LogP contribution in [0.25, 0.3) is 4.85 Å². The molecule has 0 saturated carbocycles. The highest BCUT2D eigenvalue weighted by molar-refractivity contribution is 6.61. The molecule has 1 aliphatic heterocycles. The monoisotopic (exact) mass is 404 g/mol. The van der Waals surface area contributed by atoms with Crippen molar-refractivity contribution in [3.8, 4) is 17.5 Å². The van der Waals surface area contributed by atoms with Crippen molar-refractivity contribution in [2.75, 3.05) is 6.61 Å². The molecule has 0 bridgehead atoms. The fourth-order valence-electron chi connectivity index (χ4n) is 2.60.